The van der Waals surface area contributed by atoms with Gasteiger partial charge in [0.2, 0.25) is 0 Å². The fourth-order valence-electron chi connectivity index (χ4n) is 2.82. The number of nitro groups is 1. The Labute approximate surface area is 171 Å². The lowest BCUT2D eigenvalue weighted by Gasteiger charge is -2.06. The first-order chi connectivity index (χ1) is 13.8. The van der Waals surface area contributed by atoms with Crippen LogP contribution in [-0.4, -0.2) is 27.2 Å². The van der Waals surface area contributed by atoms with Gasteiger partial charge in [0.15, 0.2) is 5.76 Å². The van der Waals surface area contributed by atoms with Crippen LogP contribution in [0.15, 0.2) is 40.8 Å². The molecule has 3 rings (SSSR count). The number of benzene rings is 1. The molecule has 29 heavy (non-hydrogen) atoms. The lowest BCUT2D eigenvalue weighted by Crippen LogP contribution is -2.27. The predicted octanol–water partition coefficient (Wildman–Crippen LogP) is 3.66. The summed E-state index contributed by atoms with van der Waals surface area (Å²) in [5.74, 6) is 0.840. The van der Waals surface area contributed by atoms with Crippen LogP contribution in [0.3, 0.4) is 0 Å². The fourth-order valence-corrected chi connectivity index (χ4v) is 3.00. The zero-order chi connectivity index (χ0) is 21.0. The summed E-state index contributed by atoms with van der Waals surface area (Å²) < 4.78 is 12.6. The standard InChI is InChI=1S/C19H19ClN4O5/c1-12-18(24(26)27)13(2)23(22-12)9-8-21-19(25)17-7-6-16(29-17)11-28-15-5-3-4-14(20)10-15/h3-7,10H,8-9,11H2,1-2H3,(H,21,25). The molecule has 0 atom stereocenters. The first-order valence-electron chi connectivity index (χ1n) is 8.79. The Morgan fingerprint density at radius 1 is 1.34 bits per heavy atom. The minimum Gasteiger partial charge on any atom is -0.486 e. The van der Waals surface area contributed by atoms with Crippen LogP contribution in [-0.2, 0) is 13.2 Å². The number of carbonyl (C=O) groups is 1. The maximum Gasteiger partial charge on any atom is 0.312 e. The number of amides is 1. The van der Waals surface area contributed by atoms with E-state index in [0.29, 0.717) is 34.5 Å². The molecule has 0 aliphatic heterocycles. The molecular formula is C19H19ClN4O5. The summed E-state index contributed by atoms with van der Waals surface area (Å²) in [5, 5.41) is 18.4. The van der Waals surface area contributed by atoms with Crippen LogP contribution in [0, 0.1) is 24.0 Å². The van der Waals surface area contributed by atoms with Crippen LogP contribution < -0.4 is 10.1 Å². The van der Waals surface area contributed by atoms with Gasteiger partial charge in [0.05, 0.1) is 11.5 Å². The van der Waals surface area contributed by atoms with Crippen molar-refractivity contribution in [1.82, 2.24) is 15.1 Å². The van der Waals surface area contributed by atoms with Crippen molar-refractivity contribution in [2.24, 2.45) is 0 Å². The van der Waals surface area contributed by atoms with Gasteiger partial charge in [-0.3, -0.25) is 19.6 Å². The van der Waals surface area contributed by atoms with Gasteiger partial charge in [-0.1, -0.05) is 17.7 Å². The third-order valence-electron chi connectivity index (χ3n) is 4.20. The topological polar surface area (TPSA) is 112 Å². The van der Waals surface area contributed by atoms with Crippen molar-refractivity contribution < 1.29 is 18.9 Å². The highest BCUT2D eigenvalue weighted by atomic mass is 35.5. The Bertz CT molecular complexity index is 1040. The molecule has 3 aromatic rings. The summed E-state index contributed by atoms with van der Waals surface area (Å²) in [6.45, 7) is 3.91. The average Bonchev–Trinajstić information content (AvgIpc) is 3.24. The number of hydrogen-bond acceptors (Lipinski definition) is 6. The van der Waals surface area contributed by atoms with E-state index in [0.717, 1.165) is 0 Å². The van der Waals surface area contributed by atoms with Gasteiger partial charge in [-0.2, -0.15) is 5.10 Å². The van der Waals surface area contributed by atoms with Gasteiger partial charge in [-0.15, -0.1) is 0 Å². The zero-order valence-corrected chi connectivity index (χ0v) is 16.6. The highest BCUT2D eigenvalue weighted by molar-refractivity contribution is 6.30. The van der Waals surface area contributed by atoms with Crippen molar-refractivity contribution >= 4 is 23.2 Å². The Kier molecular flexibility index (Phi) is 6.18. The summed E-state index contributed by atoms with van der Waals surface area (Å²) in [4.78, 5) is 22.8. The van der Waals surface area contributed by atoms with Crippen LogP contribution in [0.25, 0.3) is 0 Å². The molecule has 2 heterocycles. The van der Waals surface area contributed by atoms with Crippen LogP contribution in [0.2, 0.25) is 5.02 Å². The summed E-state index contributed by atoms with van der Waals surface area (Å²) in [6, 6.07) is 10.2. The fraction of sp³-hybridized carbons (Fsp3) is 0.263. The molecule has 1 aromatic carbocycles. The number of nitrogens with zero attached hydrogens (tertiary/aromatic N) is 3. The van der Waals surface area contributed by atoms with E-state index in [4.69, 9.17) is 20.8 Å². The van der Waals surface area contributed by atoms with E-state index in [1.807, 2.05) is 0 Å². The summed E-state index contributed by atoms with van der Waals surface area (Å²) in [7, 11) is 0. The molecule has 1 amide bonds. The number of hydrogen-bond donors (Lipinski definition) is 1. The SMILES string of the molecule is Cc1nn(CCNC(=O)c2ccc(COc3cccc(Cl)c3)o2)c(C)c1[N+](=O)[O-]. The average molecular weight is 419 g/mol. The molecular weight excluding hydrogens is 400 g/mol. The minimum atomic E-state index is -0.456. The molecule has 0 unspecified atom stereocenters. The van der Waals surface area contributed by atoms with E-state index >= 15 is 0 Å². The molecule has 0 saturated heterocycles. The van der Waals surface area contributed by atoms with E-state index in [9.17, 15) is 14.9 Å². The van der Waals surface area contributed by atoms with Gasteiger partial charge in [-0.25, -0.2) is 0 Å². The molecule has 0 spiro atoms. The van der Waals surface area contributed by atoms with Crippen molar-refractivity contribution in [1.29, 1.82) is 0 Å². The van der Waals surface area contributed by atoms with Crippen molar-refractivity contribution in [3.8, 4) is 5.75 Å². The third kappa shape index (κ3) is 4.94. The molecule has 0 saturated carbocycles. The van der Waals surface area contributed by atoms with Crippen molar-refractivity contribution in [3.63, 3.8) is 0 Å². The van der Waals surface area contributed by atoms with Crippen molar-refractivity contribution in [2.45, 2.75) is 27.0 Å². The number of ether oxygens (including phenoxy) is 1. The summed E-state index contributed by atoms with van der Waals surface area (Å²) in [6.07, 6.45) is 0. The Hall–Kier alpha value is -3.33. The maximum atomic E-state index is 12.2. The van der Waals surface area contributed by atoms with E-state index < -0.39 is 10.8 Å². The summed E-state index contributed by atoms with van der Waals surface area (Å²) >= 11 is 5.90. The lowest BCUT2D eigenvalue weighted by molar-refractivity contribution is -0.386. The number of aryl methyl sites for hydroxylation is 1. The summed E-state index contributed by atoms with van der Waals surface area (Å²) in [5.41, 5.74) is 0.779. The number of nitrogens with one attached hydrogen (secondary N) is 1. The number of rotatable bonds is 8. The van der Waals surface area contributed by atoms with Gasteiger partial charge in [-0.05, 0) is 44.2 Å². The smallest absolute Gasteiger partial charge is 0.312 e. The highest BCUT2D eigenvalue weighted by Gasteiger charge is 2.21. The van der Waals surface area contributed by atoms with Crippen LogP contribution >= 0.6 is 11.6 Å². The molecule has 0 radical (unpaired) electrons. The third-order valence-corrected chi connectivity index (χ3v) is 4.43. The van der Waals surface area contributed by atoms with Gasteiger partial charge in [0.25, 0.3) is 5.91 Å². The molecule has 0 fully saturated rings. The molecule has 2 aromatic heterocycles. The second-order valence-electron chi connectivity index (χ2n) is 6.27. The Morgan fingerprint density at radius 3 is 2.83 bits per heavy atom. The van der Waals surface area contributed by atoms with Crippen LogP contribution in [0.4, 0.5) is 5.69 Å². The highest BCUT2D eigenvalue weighted by Crippen LogP contribution is 2.21. The maximum absolute atomic E-state index is 12.2. The van der Waals surface area contributed by atoms with Gasteiger partial charge >= 0.3 is 5.69 Å². The van der Waals surface area contributed by atoms with Gasteiger partial charge in [0, 0.05) is 11.6 Å². The minimum absolute atomic E-state index is 0.00768. The zero-order valence-electron chi connectivity index (χ0n) is 15.8. The number of furan rings is 1. The van der Waals surface area contributed by atoms with E-state index in [1.54, 1.807) is 50.2 Å². The van der Waals surface area contributed by atoms with Gasteiger partial charge < -0.3 is 14.5 Å². The molecule has 152 valence electrons. The molecule has 10 heteroatoms. The van der Waals surface area contributed by atoms with Crippen molar-refractivity contribution in [2.75, 3.05) is 6.54 Å². The molecule has 0 aliphatic rings. The number of carbonyl (C=O) groups excluding carboxylic acids is 1. The molecule has 9 nitrogen and oxygen atoms in total. The lowest BCUT2D eigenvalue weighted by atomic mass is 10.3. The molecule has 0 aliphatic carbocycles. The van der Waals surface area contributed by atoms with E-state index in [1.165, 1.54) is 4.68 Å². The second-order valence-corrected chi connectivity index (χ2v) is 6.70. The molecule has 1 N–H and O–H groups in total. The van der Waals surface area contributed by atoms with Crippen LogP contribution in [0.5, 0.6) is 5.75 Å². The predicted molar refractivity (Wildman–Crippen MR) is 105 cm³/mol. The molecule has 0 bridgehead atoms. The Balaban J connectivity index is 1.52. The number of halogens is 1. The van der Waals surface area contributed by atoms with Crippen molar-refractivity contribution in [3.05, 3.63) is 74.4 Å². The largest absolute Gasteiger partial charge is 0.486 e. The van der Waals surface area contributed by atoms with Gasteiger partial charge in [0.1, 0.15) is 29.5 Å². The van der Waals surface area contributed by atoms with E-state index in [-0.39, 0.29) is 24.6 Å². The second kappa shape index (κ2) is 8.78. The normalized spacial score (nSPS) is 10.7. The van der Waals surface area contributed by atoms with Crippen LogP contribution in [0.1, 0.15) is 27.7 Å². The monoisotopic (exact) mass is 418 g/mol. The van der Waals surface area contributed by atoms with E-state index in [2.05, 4.69) is 10.4 Å². The quantitative estimate of drug-likeness (QED) is 0.441. The first kappa shape index (κ1) is 20.4. The first-order valence-corrected chi connectivity index (χ1v) is 9.16. The number of aromatic nitrogens is 2. The Morgan fingerprint density at radius 2 is 2.14 bits per heavy atom.